The molecule has 0 aliphatic heterocycles. The van der Waals surface area contributed by atoms with Crippen molar-refractivity contribution < 1.29 is 4.74 Å². The van der Waals surface area contributed by atoms with Gasteiger partial charge in [0.25, 0.3) is 0 Å². The van der Waals surface area contributed by atoms with Crippen LogP contribution in [-0.2, 0) is 6.54 Å². The number of hydrogen-bond donors (Lipinski definition) is 2. The van der Waals surface area contributed by atoms with Crippen LogP contribution < -0.4 is 15.4 Å². The number of hydrogen-bond acceptors (Lipinski definition) is 5. The van der Waals surface area contributed by atoms with Crippen LogP contribution in [0.5, 0.6) is 5.75 Å². The van der Waals surface area contributed by atoms with Crippen molar-refractivity contribution in [1.82, 2.24) is 9.97 Å². The Morgan fingerprint density at radius 1 is 1.33 bits per heavy atom. The van der Waals surface area contributed by atoms with Crippen LogP contribution in [-0.4, -0.2) is 23.6 Å². The fourth-order valence-corrected chi connectivity index (χ4v) is 2.07. The summed E-state index contributed by atoms with van der Waals surface area (Å²) < 4.78 is 5.62. The molecule has 0 unspecified atom stereocenters. The van der Waals surface area contributed by atoms with E-state index in [0.717, 1.165) is 11.3 Å². The third-order valence-corrected chi connectivity index (χ3v) is 3.11. The van der Waals surface area contributed by atoms with Gasteiger partial charge in [0.1, 0.15) is 24.4 Å². The molecule has 110 valence electrons. The Morgan fingerprint density at radius 3 is 2.90 bits per heavy atom. The first-order valence-electron chi connectivity index (χ1n) is 6.50. The highest BCUT2D eigenvalue weighted by atomic mass is 35.5. The predicted octanol–water partition coefficient (Wildman–Crippen LogP) is 3.35. The van der Waals surface area contributed by atoms with Gasteiger partial charge in [-0.05, 0) is 6.07 Å². The van der Waals surface area contributed by atoms with E-state index in [2.05, 4.69) is 27.2 Å². The van der Waals surface area contributed by atoms with E-state index in [4.69, 9.17) is 16.3 Å². The second kappa shape index (κ2) is 7.50. The molecule has 0 radical (unpaired) electrons. The van der Waals surface area contributed by atoms with Crippen LogP contribution in [0.2, 0.25) is 5.15 Å². The number of ether oxygens (including phenoxy) is 1. The van der Waals surface area contributed by atoms with Crippen LogP contribution >= 0.6 is 11.6 Å². The molecule has 0 saturated heterocycles. The molecule has 5 nitrogen and oxygen atoms in total. The topological polar surface area (TPSA) is 59.1 Å². The van der Waals surface area contributed by atoms with Crippen LogP contribution in [0.15, 0.2) is 43.2 Å². The highest BCUT2D eigenvalue weighted by molar-refractivity contribution is 6.32. The second-order valence-corrected chi connectivity index (χ2v) is 4.56. The Bertz CT molecular complexity index is 618. The summed E-state index contributed by atoms with van der Waals surface area (Å²) in [7, 11) is 1.77. The Balaban J connectivity index is 2.13. The number of halogens is 1. The lowest BCUT2D eigenvalue weighted by Crippen LogP contribution is -2.07. The number of nitrogens with one attached hydrogen (secondary N) is 2. The van der Waals surface area contributed by atoms with Crippen molar-refractivity contribution in [2.24, 2.45) is 0 Å². The Morgan fingerprint density at radius 2 is 2.14 bits per heavy atom. The molecule has 0 aliphatic carbocycles. The van der Waals surface area contributed by atoms with E-state index in [0.29, 0.717) is 29.8 Å². The van der Waals surface area contributed by atoms with Gasteiger partial charge in [-0.3, -0.25) is 0 Å². The summed E-state index contributed by atoms with van der Waals surface area (Å²) in [5.41, 5.74) is 1.69. The maximum Gasteiger partial charge on any atom is 0.157 e. The van der Waals surface area contributed by atoms with Crippen molar-refractivity contribution in [1.29, 1.82) is 0 Å². The highest BCUT2D eigenvalue weighted by Crippen LogP contribution is 2.26. The van der Waals surface area contributed by atoms with Gasteiger partial charge < -0.3 is 15.4 Å². The lowest BCUT2D eigenvalue weighted by molar-refractivity contribution is 0.359. The van der Waals surface area contributed by atoms with Gasteiger partial charge in [-0.2, -0.15) is 0 Å². The summed E-state index contributed by atoms with van der Waals surface area (Å²) in [6, 6.07) is 7.81. The molecular formula is C15H17ClN4O. The molecule has 1 heterocycles. The molecule has 21 heavy (non-hydrogen) atoms. The smallest absolute Gasteiger partial charge is 0.157 e. The zero-order valence-electron chi connectivity index (χ0n) is 11.8. The quantitative estimate of drug-likeness (QED) is 0.607. The summed E-state index contributed by atoms with van der Waals surface area (Å²) in [4.78, 5) is 8.13. The van der Waals surface area contributed by atoms with Crippen molar-refractivity contribution in [3.05, 3.63) is 54.0 Å². The molecule has 0 atom stereocenters. The van der Waals surface area contributed by atoms with E-state index in [-0.39, 0.29) is 0 Å². The minimum Gasteiger partial charge on any atom is -0.489 e. The normalized spacial score (nSPS) is 10.0. The number of para-hydroxylation sites is 1. The second-order valence-electron chi connectivity index (χ2n) is 4.20. The first kappa shape index (κ1) is 15.1. The van der Waals surface area contributed by atoms with Gasteiger partial charge in [0.2, 0.25) is 0 Å². The van der Waals surface area contributed by atoms with Gasteiger partial charge in [0.05, 0.1) is 0 Å². The zero-order valence-corrected chi connectivity index (χ0v) is 12.5. The molecule has 1 aromatic carbocycles. The minimum atomic E-state index is 0.381. The average molecular weight is 305 g/mol. The SMILES string of the molecule is C=CCOc1ccccc1CNc1ncnc(Cl)c1NC. The van der Waals surface area contributed by atoms with Crippen molar-refractivity contribution in [2.75, 3.05) is 24.3 Å². The molecule has 0 amide bonds. The fraction of sp³-hybridized carbons (Fsp3) is 0.200. The van der Waals surface area contributed by atoms with Gasteiger partial charge in [-0.1, -0.05) is 42.5 Å². The van der Waals surface area contributed by atoms with Gasteiger partial charge in [-0.15, -0.1) is 0 Å². The summed E-state index contributed by atoms with van der Waals surface area (Å²) in [6.45, 7) is 4.69. The fourth-order valence-electron chi connectivity index (χ4n) is 1.84. The summed E-state index contributed by atoms with van der Waals surface area (Å²) >= 11 is 6.02. The number of benzene rings is 1. The largest absolute Gasteiger partial charge is 0.489 e. The third kappa shape index (κ3) is 3.86. The summed E-state index contributed by atoms with van der Waals surface area (Å²) in [5.74, 6) is 1.46. The molecule has 0 spiro atoms. The van der Waals surface area contributed by atoms with Crippen molar-refractivity contribution in [3.63, 3.8) is 0 Å². The lowest BCUT2D eigenvalue weighted by Gasteiger charge is -2.13. The first-order valence-corrected chi connectivity index (χ1v) is 6.87. The van der Waals surface area contributed by atoms with Crippen molar-refractivity contribution in [2.45, 2.75) is 6.54 Å². The van der Waals surface area contributed by atoms with Gasteiger partial charge >= 0.3 is 0 Å². The van der Waals surface area contributed by atoms with E-state index < -0.39 is 0 Å². The number of nitrogens with zero attached hydrogens (tertiary/aromatic N) is 2. The van der Waals surface area contributed by atoms with Crippen LogP contribution in [0.4, 0.5) is 11.5 Å². The standard InChI is InChI=1S/C15H17ClN4O/c1-3-8-21-12-7-5-4-6-11(12)9-18-15-13(17-2)14(16)19-10-20-15/h3-7,10,17H,1,8-9H2,2H3,(H,18,19,20). The number of aromatic nitrogens is 2. The number of rotatable bonds is 7. The molecular weight excluding hydrogens is 288 g/mol. The van der Waals surface area contributed by atoms with Crippen LogP contribution in [0.25, 0.3) is 0 Å². The van der Waals surface area contributed by atoms with Crippen molar-refractivity contribution in [3.8, 4) is 5.75 Å². The van der Waals surface area contributed by atoms with Gasteiger partial charge in [0, 0.05) is 19.2 Å². The third-order valence-electron chi connectivity index (χ3n) is 2.83. The Kier molecular flexibility index (Phi) is 5.40. The monoisotopic (exact) mass is 304 g/mol. The molecule has 0 fully saturated rings. The number of anilines is 2. The zero-order chi connectivity index (χ0) is 15.1. The molecule has 2 aromatic rings. The highest BCUT2D eigenvalue weighted by Gasteiger charge is 2.09. The van der Waals surface area contributed by atoms with Crippen LogP contribution in [0.1, 0.15) is 5.56 Å². The van der Waals surface area contributed by atoms with E-state index in [1.807, 2.05) is 24.3 Å². The van der Waals surface area contributed by atoms with E-state index >= 15 is 0 Å². The van der Waals surface area contributed by atoms with Crippen molar-refractivity contribution >= 4 is 23.1 Å². The minimum absolute atomic E-state index is 0.381. The molecule has 0 bridgehead atoms. The average Bonchev–Trinajstić information content (AvgIpc) is 2.51. The Labute approximate surface area is 129 Å². The molecule has 2 N–H and O–H groups in total. The Hall–Kier alpha value is -2.27. The predicted molar refractivity (Wildman–Crippen MR) is 86.0 cm³/mol. The van der Waals surface area contributed by atoms with Crippen LogP contribution in [0.3, 0.4) is 0 Å². The molecule has 0 saturated carbocycles. The molecule has 1 aromatic heterocycles. The maximum absolute atomic E-state index is 6.02. The van der Waals surface area contributed by atoms with E-state index in [1.54, 1.807) is 13.1 Å². The summed E-state index contributed by atoms with van der Waals surface area (Å²) in [5, 5.41) is 6.60. The first-order chi connectivity index (χ1) is 10.3. The van der Waals surface area contributed by atoms with Crippen LogP contribution in [0, 0.1) is 0 Å². The summed E-state index contributed by atoms with van der Waals surface area (Å²) in [6.07, 6.45) is 3.14. The van der Waals surface area contributed by atoms with Gasteiger partial charge in [0.15, 0.2) is 11.0 Å². The molecule has 6 heteroatoms. The molecule has 2 rings (SSSR count). The maximum atomic E-state index is 6.02. The van der Waals surface area contributed by atoms with E-state index in [9.17, 15) is 0 Å². The molecule has 0 aliphatic rings. The van der Waals surface area contributed by atoms with Gasteiger partial charge in [-0.25, -0.2) is 9.97 Å². The van der Waals surface area contributed by atoms with E-state index in [1.165, 1.54) is 6.33 Å². The lowest BCUT2D eigenvalue weighted by atomic mass is 10.2.